The number of unbranched alkanes of at least 4 members (excludes halogenated alkanes) is 11. The van der Waals surface area contributed by atoms with Crippen molar-refractivity contribution in [1.82, 2.24) is 4.90 Å². The number of rotatable bonds is 17. The van der Waals surface area contributed by atoms with Crippen molar-refractivity contribution in [2.75, 3.05) is 26.7 Å². The molecule has 0 amide bonds. The van der Waals surface area contributed by atoms with Crippen LogP contribution in [0.4, 0.5) is 0 Å². The molecule has 0 bridgehead atoms. The van der Waals surface area contributed by atoms with E-state index in [0.717, 1.165) is 13.1 Å². The van der Waals surface area contributed by atoms with Gasteiger partial charge >= 0.3 is 5.97 Å². The lowest BCUT2D eigenvalue weighted by Gasteiger charge is -2.15. The van der Waals surface area contributed by atoms with Crippen molar-refractivity contribution in [3.63, 3.8) is 0 Å². The van der Waals surface area contributed by atoms with Crippen LogP contribution in [0.3, 0.4) is 0 Å². The van der Waals surface area contributed by atoms with Gasteiger partial charge in [0.25, 0.3) is 0 Å². The Morgan fingerprint density at radius 1 is 0.870 bits per heavy atom. The Hall–Kier alpha value is -0.830. The van der Waals surface area contributed by atoms with Crippen LogP contribution in [0.2, 0.25) is 0 Å². The molecule has 23 heavy (non-hydrogen) atoms. The van der Waals surface area contributed by atoms with E-state index in [1.807, 2.05) is 0 Å². The maximum Gasteiger partial charge on any atom is 0.330 e. The number of hydrogen-bond donors (Lipinski definition) is 0. The molecular formula is C20H39NO2. The third kappa shape index (κ3) is 17.4. The van der Waals surface area contributed by atoms with Crippen molar-refractivity contribution in [2.24, 2.45) is 0 Å². The van der Waals surface area contributed by atoms with Gasteiger partial charge in [-0.25, -0.2) is 4.79 Å². The van der Waals surface area contributed by atoms with Gasteiger partial charge in [-0.3, -0.25) is 0 Å². The second-order valence-corrected chi connectivity index (χ2v) is 6.56. The molecule has 0 saturated carbocycles. The lowest BCUT2D eigenvalue weighted by atomic mass is 10.1. The first-order valence-corrected chi connectivity index (χ1v) is 9.68. The Balaban J connectivity index is 3.17. The fourth-order valence-corrected chi connectivity index (χ4v) is 2.70. The number of hydrogen-bond acceptors (Lipinski definition) is 3. The predicted octanol–water partition coefficient (Wildman–Crippen LogP) is 5.35. The quantitative estimate of drug-likeness (QED) is 0.205. The van der Waals surface area contributed by atoms with E-state index in [2.05, 4.69) is 25.5 Å². The molecule has 0 aliphatic heterocycles. The minimum atomic E-state index is -0.330. The third-order valence-electron chi connectivity index (χ3n) is 4.28. The zero-order valence-corrected chi connectivity index (χ0v) is 15.7. The molecule has 0 aromatic rings. The van der Waals surface area contributed by atoms with Crippen molar-refractivity contribution < 1.29 is 9.53 Å². The van der Waals surface area contributed by atoms with Crippen molar-refractivity contribution in [1.29, 1.82) is 0 Å². The van der Waals surface area contributed by atoms with E-state index in [1.54, 1.807) is 0 Å². The number of nitrogens with zero attached hydrogens (tertiary/aromatic N) is 1. The smallest absolute Gasteiger partial charge is 0.330 e. The summed E-state index contributed by atoms with van der Waals surface area (Å²) in [5.41, 5.74) is 0. The molecule has 0 heterocycles. The summed E-state index contributed by atoms with van der Waals surface area (Å²) in [5, 5.41) is 0. The maximum atomic E-state index is 10.9. The van der Waals surface area contributed by atoms with Gasteiger partial charge in [0.15, 0.2) is 0 Å². The first-order chi connectivity index (χ1) is 11.2. The van der Waals surface area contributed by atoms with Crippen molar-refractivity contribution in [3.05, 3.63) is 12.7 Å². The van der Waals surface area contributed by atoms with Crippen LogP contribution >= 0.6 is 0 Å². The van der Waals surface area contributed by atoms with Crippen LogP contribution in [-0.2, 0) is 9.53 Å². The SMILES string of the molecule is C=CC(=O)OCCN(C)CCCCCCCCCCCCCC. The summed E-state index contributed by atoms with van der Waals surface area (Å²) in [6.07, 6.45) is 17.8. The lowest BCUT2D eigenvalue weighted by Crippen LogP contribution is -2.25. The average molecular weight is 326 g/mol. The molecule has 0 rings (SSSR count). The highest BCUT2D eigenvalue weighted by Gasteiger charge is 2.00. The van der Waals surface area contributed by atoms with Crippen LogP contribution < -0.4 is 0 Å². The zero-order valence-electron chi connectivity index (χ0n) is 15.7. The van der Waals surface area contributed by atoms with Gasteiger partial charge < -0.3 is 9.64 Å². The van der Waals surface area contributed by atoms with Crippen molar-refractivity contribution >= 4 is 5.97 Å². The summed E-state index contributed by atoms with van der Waals surface area (Å²) in [7, 11) is 2.08. The molecule has 0 aliphatic rings. The highest BCUT2D eigenvalue weighted by atomic mass is 16.5. The summed E-state index contributed by atoms with van der Waals surface area (Å²) in [5.74, 6) is -0.330. The summed E-state index contributed by atoms with van der Waals surface area (Å²) < 4.78 is 4.98. The molecule has 0 unspecified atom stereocenters. The molecular weight excluding hydrogens is 286 g/mol. The number of esters is 1. The molecule has 0 aromatic carbocycles. The molecule has 3 nitrogen and oxygen atoms in total. The summed E-state index contributed by atoms with van der Waals surface area (Å²) in [6.45, 7) is 8.00. The van der Waals surface area contributed by atoms with Crippen LogP contribution in [0.5, 0.6) is 0 Å². The largest absolute Gasteiger partial charge is 0.461 e. The van der Waals surface area contributed by atoms with Crippen LogP contribution in [0.1, 0.15) is 84.0 Å². The Morgan fingerprint density at radius 2 is 1.35 bits per heavy atom. The molecule has 0 aliphatic carbocycles. The summed E-state index contributed by atoms with van der Waals surface area (Å²) >= 11 is 0. The van der Waals surface area contributed by atoms with Gasteiger partial charge in [-0.1, -0.05) is 84.1 Å². The van der Waals surface area contributed by atoms with Gasteiger partial charge in [-0.15, -0.1) is 0 Å². The van der Waals surface area contributed by atoms with E-state index in [-0.39, 0.29) is 5.97 Å². The molecule has 0 saturated heterocycles. The number of likely N-dealkylation sites (N-methyl/N-ethyl adjacent to an activating group) is 1. The standard InChI is InChI=1S/C20H39NO2/c1-4-6-7-8-9-10-11-12-13-14-15-16-17-21(3)18-19-23-20(22)5-2/h5H,2,4,6-19H2,1,3H3. The monoisotopic (exact) mass is 325 g/mol. The topological polar surface area (TPSA) is 29.5 Å². The maximum absolute atomic E-state index is 10.9. The Bertz CT molecular complexity index is 279. The summed E-state index contributed by atoms with van der Waals surface area (Å²) in [4.78, 5) is 13.1. The minimum absolute atomic E-state index is 0.330. The third-order valence-corrected chi connectivity index (χ3v) is 4.28. The van der Waals surface area contributed by atoms with Gasteiger partial charge in [-0.2, -0.15) is 0 Å². The van der Waals surface area contributed by atoms with Gasteiger partial charge in [0.2, 0.25) is 0 Å². The van der Waals surface area contributed by atoms with Crippen LogP contribution in [0.25, 0.3) is 0 Å². The van der Waals surface area contributed by atoms with Crippen molar-refractivity contribution in [2.45, 2.75) is 84.0 Å². The molecule has 0 fully saturated rings. The normalized spacial score (nSPS) is 10.9. The van der Waals surface area contributed by atoms with Crippen LogP contribution in [0.15, 0.2) is 12.7 Å². The van der Waals surface area contributed by atoms with Crippen LogP contribution in [0, 0.1) is 0 Å². The molecule has 0 N–H and O–H groups in total. The summed E-state index contributed by atoms with van der Waals surface area (Å²) in [6, 6.07) is 0. The number of carbonyl (C=O) groups excluding carboxylic acids is 1. The fourth-order valence-electron chi connectivity index (χ4n) is 2.70. The van der Waals surface area contributed by atoms with Gasteiger partial charge in [0.05, 0.1) is 0 Å². The number of ether oxygens (including phenoxy) is 1. The van der Waals surface area contributed by atoms with Gasteiger partial charge in [0, 0.05) is 12.6 Å². The minimum Gasteiger partial charge on any atom is -0.461 e. The van der Waals surface area contributed by atoms with Crippen molar-refractivity contribution in [3.8, 4) is 0 Å². The molecule has 136 valence electrons. The molecule has 0 spiro atoms. The Labute approximate surface area is 144 Å². The highest BCUT2D eigenvalue weighted by Crippen LogP contribution is 2.11. The predicted molar refractivity (Wildman–Crippen MR) is 99.7 cm³/mol. The molecule has 0 atom stereocenters. The first kappa shape index (κ1) is 22.2. The first-order valence-electron chi connectivity index (χ1n) is 9.68. The van der Waals surface area contributed by atoms with E-state index in [0.29, 0.717) is 6.61 Å². The van der Waals surface area contributed by atoms with E-state index in [4.69, 9.17) is 4.74 Å². The van der Waals surface area contributed by atoms with E-state index in [1.165, 1.54) is 83.1 Å². The lowest BCUT2D eigenvalue weighted by molar-refractivity contribution is -0.138. The second kappa shape index (κ2) is 17.5. The molecule has 3 heteroatoms. The van der Waals surface area contributed by atoms with E-state index < -0.39 is 0 Å². The Morgan fingerprint density at radius 3 is 1.83 bits per heavy atom. The molecule has 0 aromatic heterocycles. The van der Waals surface area contributed by atoms with E-state index in [9.17, 15) is 4.79 Å². The number of carbonyl (C=O) groups is 1. The van der Waals surface area contributed by atoms with Gasteiger partial charge in [0.1, 0.15) is 6.61 Å². The highest BCUT2D eigenvalue weighted by molar-refractivity contribution is 5.81. The zero-order chi connectivity index (χ0) is 17.2. The Kier molecular flexibility index (Phi) is 16.9. The average Bonchev–Trinajstić information content (AvgIpc) is 2.55. The van der Waals surface area contributed by atoms with E-state index >= 15 is 0 Å². The van der Waals surface area contributed by atoms with Gasteiger partial charge in [-0.05, 0) is 20.0 Å². The molecule has 0 radical (unpaired) electrons. The second-order valence-electron chi connectivity index (χ2n) is 6.56. The van der Waals surface area contributed by atoms with Crippen LogP contribution in [-0.4, -0.2) is 37.6 Å². The fraction of sp³-hybridized carbons (Fsp3) is 0.850.